The van der Waals surface area contributed by atoms with Crippen LogP contribution in [0, 0.1) is 0 Å². The first kappa shape index (κ1) is 14.8. The van der Waals surface area contributed by atoms with E-state index in [1.54, 1.807) is 0 Å². The summed E-state index contributed by atoms with van der Waals surface area (Å²) in [6.07, 6.45) is 0. The first-order valence-corrected chi connectivity index (χ1v) is 8.32. The number of nitrogens with two attached hydrogens (primary N) is 1. The fourth-order valence-electron chi connectivity index (χ4n) is 1.41. The van der Waals surface area contributed by atoms with E-state index in [1.165, 1.54) is 35.6 Å². The molecule has 0 unspecified atom stereocenters. The molecular weight excluding hydrogens is 318 g/mol. The van der Waals surface area contributed by atoms with Crippen molar-refractivity contribution in [3.05, 3.63) is 51.7 Å². The van der Waals surface area contributed by atoms with Crippen LogP contribution in [-0.4, -0.2) is 14.4 Å². The number of nitrogens with zero attached hydrogens (tertiary/aromatic N) is 1. The van der Waals surface area contributed by atoms with Gasteiger partial charge in [0.25, 0.3) is 10.0 Å². The van der Waals surface area contributed by atoms with Gasteiger partial charge in [-0.3, -0.25) is 0 Å². The highest BCUT2D eigenvalue weighted by Gasteiger charge is 2.14. The predicted octanol–water partition coefficient (Wildman–Crippen LogP) is 2.19. The van der Waals surface area contributed by atoms with E-state index in [0.717, 1.165) is 4.88 Å². The Bertz CT molecular complexity index is 695. The van der Waals surface area contributed by atoms with Crippen LogP contribution in [0.3, 0.4) is 0 Å². The maximum atomic E-state index is 12.0. The van der Waals surface area contributed by atoms with Gasteiger partial charge < -0.3 is 5.73 Å². The second-order valence-corrected chi connectivity index (χ2v) is 6.99. The highest BCUT2D eigenvalue weighted by Crippen LogP contribution is 2.14. The third-order valence-corrected chi connectivity index (χ3v) is 4.83. The Morgan fingerprint density at radius 3 is 2.60 bits per heavy atom. The van der Waals surface area contributed by atoms with E-state index in [9.17, 15) is 8.42 Å². The third-order valence-electron chi connectivity index (χ3n) is 2.35. The lowest BCUT2D eigenvalue weighted by molar-refractivity contribution is 0.592. The summed E-state index contributed by atoms with van der Waals surface area (Å²) < 4.78 is 26.2. The molecule has 1 aromatic carbocycles. The van der Waals surface area contributed by atoms with E-state index in [1.807, 2.05) is 17.5 Å². The van der Waals surface area contributed by atoms with Gasteiger partial charge in [-0.2, -0.15) is 0 Å². The van der Waals surface area contributed by atoms with Crippen LogP contribution in [0.2, 0.25) is 5.02 Å². The SMILES string of the molecule is NC(=NCc1cccs1)NS(=O)(=O)c1ccc(Cl)cc1. The lowest BCUT2D eigenvalue weighted by Crippen LogP contribution is -2.36. The Morgan fingerprint density at radius 1 is 1.30 bits per heavy atom. The summed E-state index contributed by atoms with van der Waals surface area (Å²) in [5.74, 6) is -0.145. The van der Waals surface area contributed by atoms with Crippen LogP contribution in [0.25, 0.3) is 0 Å². The molecular formula is C12H12ClN3O2S2. The van der Waals surface area contributed by atoms with Crippen molar-refractivity contribution in [1.29, 1.82) is 0 Å². The summed E-state index contributed by atoms with van der Waals surface area (Å²) >= 11 is 7.24. The summed E-state index contributed by atoms with van der Waals surface area (Å²) in [5, 5.41) is 2.38. The van der Waals surface area contributed by atoms with Gasteiger partial charge in [0, 0.05) is 9.90 Å². The average molecular weight is 330 g/mol. The monoisotopic (exact) mass is 329 g/mol. The molecule has 0 atom stereocenters. The van der Waals surface area contributed by atoms with Crippen molar-refractivity contribution >= 4 is 38.9 Å². The van der Waals surface area contributed by atoms with Crippen LogP contribution in [0.4, 0.5) is 0 Å². The van der Waals surface area contributed by atoms with Crippen LogP contribution >= 0.6 is 22.9 Å². The lowest BCUT2D eigenvalue weighted by Gasteiger charge is -2.07. The van der Waals surface area contributed by atoms with Crippen molar-refractivity contribution in [3.63, 3.8) is 0 Å². The molecule has 0 spiro atoms. The maximum absolute atomic E-state index is 12.0. The minimum Gasteiger partial charge on any atom is -0.369 e. The topological polar surface area (TPSA) is 84.5 Å². The number of guanidine groups is 1. The zero-order chi connectivity index (χ0) is 14.6. The van der Waals surface area contributed by atoms with E-state index >= 15 is 0 Å². The van der Waals surface area contributed by atoms with E-state index < -0.39 is 10.0 Å². The van der Waals surface area contributed by atoms with Gasteiger partial charge in [-0.05, 0) is 35.7 Å². The first-order chi connectivity index (χ1) is 9.47. The molecule has 1 aromatic heterocycles. The molecule has 0 aliphatic carbocycles. The Labute approximate surface area is 126 Å². The zero-order valence-electron chi connectivity index (χ0n) is 10.3. The molecule has 0 fully saturated rings. The van der Waals surface area contributed by atoms with Gasteiger partial charge in [0.1, 0.15) is 0 Å². The number of aliphatic imine (C=N–C) groups is 1. The molecule has 0 amide bonds. The van der Waals surface area contributed by atoms with Gasteiger partial charge >= 0.3 is 0 Å². The van der Waals surface area contributed by atoms with Crippen LogP contribution in [-0.2, 0) is 16.6 Å². The standard InChI is InChI=1S/C12H12ClN3O2S2/c13-9-3-5-11(6-4-9)20(17,18)16-12(14)15-8-10-2-1-7-19-10/h1-7H,8H2,(H3,14,15,16). The molecule has 1 heterocycles. The summed E-state index contributed by atoms with van der Waals surface area (Å²) in [5.41, 5.74) is 5.58. The van der Waals surface area contributed by atoms with Crippen molar-refractivity contribution in [2.75, 3.05) is 0 Å². The second kappa shape index (κ2) is 6.25. The Kier molecular flexibility index (Phi) is 4.64. The second-order valence-electron chi connectivity index (χ2n) is 3.84. The van der Waals surface area contributed by atoms with Crippen molar-refractivity contribution in [2.45, 2.75) is 11.4 Å². The van der Waals surface area contributed by atoms with Crippen LogP contribution in [0.5, 0.6) is 0 Å². The summed E-state index contributed by atoms with van der Waals surface area (Å²) in [7, 11) is -3.73. The van der Waals surface area contributed by atoms with Gasteiger partial charge in [0.2, 0.25) is 5.96 Å². The number of thiophene rings is 1. The normalized spacial score (nSPS) is 12.3. The molecule has 0 saturated carbocycles. The van der Waals surface area contributed by atoms with Crippen molar-refractivity contribution < 1.29 is 8.42 Å². The fourth-order valence-corrected chi connectivity index (χ4v) is 3.11. The van der Waals surface area contributed by atoms with E-state index in [-0.39, 0.29) is 10.9 Å². The van der Waals surface area contributed by atoms with Gasteiger partial charge in [-0.15, -0.1) is 11.3 Å². The molecule has 0 aliphatic rings. The molecule has 2 aromatic rings. The van der Waals surface area contributed by atoms with Crippen LogP contribution in [0.15, 0.2) is 51.7 Å². The van der Waals surface area contributed by atoms with Gasteiger partial charge in [0.15, 0.2) is 0 Å². The third kappa shape index (κ3) is 3.96. The number of halogens is 1. The van der Waals surface area contributed by atoms with Crippen LogP contribution < -0.4 is 10.5 Å². The Balaban J connectivity index is 2.07. The highest BCUT2D eigenvalue weighted by atomic mass is 35.5. The summed E-state index contributed by atoms with van der Waals surface area (Å²) in [4.78, 5) is 5.06. The molecule has 106 valence electrons. The smallest absolute Gasteiger partial charge is 0.264 e. The minimum absolute atomic E-state index is 0.0798. The minimum atomic E-state index is -3.73. The molecule has 2 rings (SSSR count). The van der Waals surface area contributed by atoms with E-state index in [2.05, 4.69) is 9.71 Å². The molecule has 0 aliphatic heterocycles. The Morgan fingerprint density at radius 2 is 2.00 bits per heavy atom. The number of hydrogen-bond acceptors (Lipinski definition) is 4. The predicted molar refractivity (Wildman–Crippen MR) is 81.4 cm³/mol. The molecule has 3 N–H and O–H groups in total. The molecule has 20 heavy (non-hydrogen) atoms. The van der Waals surface area contributed by atoms with Gasteiger partial charge in [-0.25, -0.2) is 18.1 Å². The fraction of sp³-hybridized carbons (Fsp3) is 0.0833. The zero-order valence-corrected chi connectivity index (χ0v) is 12.7. The number of hydrogen-bond donors (Lipinski definition) is 2. The molecule has 8 heteroatoms. The van der Waals surface area contributed by atoms with E-state index in [0.29, 0.717) is 11.6 Å². The largest absolute Gasteiger partial charge is 0.369 e. The van der Waals surface area contributed by atoms with Crippen molar-refractivity contribution in [2.24, 2.45) is 10.7 Å². The van der Waals surface area contributed by atoms with Gasteiger partial charge in [-0.1, -0.05) is 17.7 Å². The van der Waals surface area contributed by atoms with Crippen LogP contribution in [0.1, 0.15) is 4.88 Å². The number of benzene rings is 1. The number of sulfonamides is 1. The quantitative estimate of drug-likeness (QED) is 0.666. The highest BCUT2D eigenvalue weighted by molar-refractivity contribution is 7.90. The first-order valence-electron chi connectivity index (χ1n) is 5.58. The average Bonchev–Trinajstić information content (AvgIpc) is 2.89. The lowest BCUT2D eigenvalue weighted by atomic mass is 10.4. The molecule has 0 radical (unpaired) electrons. The molecule has 0 bridgehead atoms. The number of nitrogens with one attached hydrogen (secondary N) is 1. The maximum Gasteiger partial charge on any atom is 0.264 e. The molecule has 5 nitrogen and oxygen atoms in total. The summed E-state index contributed by atoms with van der Waals surface area (Å²) in [6, 6.07) is 9.58. The molecule has 0 saturated heterocycles. The summed E-state index contributed by atoms with van der Waals surface area (Å²) in [6.45, 7) is 0.340. The van der Waals surface area contributed by atoms with Crippen molar-refractivity contribution in [1.82, 2.24) is 4.72 Å². The van der Waals surface area contributed by atoms with Crippen molar-refractivity contribution in [3.8, 4) is 0 Å². The number of rotatable bonds is 4. The van der Waals surface area contributed by atoms with E-state index in [4.69, 9.17) is 17.3 Å². The van der Waals surface area contributed by atoms with Gasteiger partial charge in [0.05, 0.1) is 11.4 Å². The Hall–Kier alpha value is -1.57.